The monoisotopic (exact) mass is 481 g/mol. The van der Waals surface area contributed by atoms with Crippen LogP contribution in [0.15, 0.2) is 51.7 Å². The molecule has 3 aromatic heterocycles. The summed E-state index contributed by atoms with van der Waals surface area (Å²) in [5.41, 5.74) is 3.65. The van der Waals surface area contributed by atoms with Crippen molar-refractivity contribution in [1.29, 1.82) is 0 Å². The van der Waals surface area contributed by atoms with Crippen LogP contribution in [-0.4, -0.2) is 31.0 Å². The molecular formula is C24H27N5O2S2. The largest absolute Gasteiger partial charge is 0.325 e. The van der Waals surface area contributed by atoms with E-state index in [2.05, 4.69) is 24.3 Å². The Morgan fingerprint density at radius 1 is 1.21 bits per heavy atom. The van der Waals surface area contributed by atoms with Gasteiger partial charge in [0.2, 0.25) is 5.91 Å². The molecule has 0 aliphatic carbocycles. The molecule has 33 heavy (non-hydrogen) atoms. The Labute approximate surface area is 200 Å². The van der Waals surface area contributed by atoms with Crippen molar-refractivity contribution >= 4 is 45.7 Å². The molecule has 0 aliphatic heterocycles. The van der Waals surface area contributed by atoms with Gasteiger partial charge in [-0.15, -0.1) is 11.3 Å². The molecule has 0 radical (unpaired) electrons. The lowest BCUT2D eigenvalue weighted by Crippen LogP contribution is -2.26. The number of aryl methyl sites for hydroxylation is 2. The van der Waals surface area contributed by atoms with Gasteiger partial charge in [0.05, 0.1) is 18.0 Å². The normalized spacial score (nSPS) is 11.4. The Kier molecular flexibility index (Phi) is 6.99. The molecule has 9 heteroatoms. The van der Waals surface area contributed by atoms with Gasteiger partial charge < -0.3 is 5.32 Å². The smallest absolute Gasteiger partial charge is 0.280 e. The SMILES string of the molecule is CCn1nc(C)c2nc(SCC(=O)Nc3ccc(C(C)C)cc3)n(Cc3cccs3)c(=O)c21. The third kappa shape index (κ3) is 5.04. The number of benzene rings is 1. The van der Waals surface area contributed by atoms with Crippen molar-refractivity contribution in [3.63, 3.8) is 0 Å². The molecule has 4 rings (SSSR count). The number of hydrogen-bond donors (Lipinski definition) is 1. The van der Waals surface area contributed by atoms with Crippen LogP contribution in [0, 0.1) is 6.92 Å². The molecule has 1 N–H and O–H groups in total. The molecule has 3 heterocycles. The van der Waals surface area contributed by atoms with E-state index in [-0.39, 0.29) is 17.2 Å². The minimum absolute atomic E-state index is 0.136. The van der Waals surface area contributed by atoms with E-state index in [1.165, 1.54) is 17.3 Å². The number of carbonyl (C=O) groups excluding carboxylic acids is 1. The van der Waals surface area contributed by atoms with Crippen molar-refractivity contribution in [2.24, 2.45) is 0 Å². The van der Waals surface area contributed by atoms with Crippen LogP contribution in [0.3, 0.4) is 0 Å². The molecule has 0 fully saturated rings. The third-order valence-electron chi connectivity index (χ3n) is 5.37. The summed E-state index contributed by atoms with van der Waals surface area (Å²) in [6.07, 6.45) is 0. The Bertz CT molecular complexity index is 1320. The molecule has 1 aromatic carbocycles. The Hall–Kier alpha value is -2.91. The molecule has 0 saturated heterocycles. The van der Waals surface area contributed by atoms with E-state index in [9.17, 15) is 9.59 Å². The first kappa shape index (κ1) is 23.3. The van der Waals surface area contributed by atoms with Crippen molar-refractivity contribution in [2.75, 3.05) is 11.1 Å². The topological polar surface area (TPSA) is 81.8 Å². The van der Waals surface area contributed by atoms with Crippen molar-refractivity contribution < 1.29 is 4.79 Å². The zero-order valence-electron chi connectivity index (χ0n) is 19.2. The fourth-order valence-electron chi connectivity index (χ4n) is 3.60. The van der Waals surface area contributed by atoms with Gasteiger partial charge in [0.25, 0.3) is 5.56 Å². The quantitative estimate of drug-likeness (QED) is 0.286. The highest BCUT2D eigenvalue weighted by atomic mass is 32.2. The van der Waals surface area contributed by atoms with E-state index in [1.54, 1.807) is 20.6 Å². The van der Waals surface area contributed by atoms with Crippen molar-refractivity contribution in [3.05, 3.63) is 68.3 Å². The maximum atomic E-state index is 13.4. The second-order valence-corrected chi connectivity index (χ2v) is 10.1. The van der Waals surface area contributed by atoms with Crippen LogP contribution in [0.4, 0.5) is 5.69 Å². The van der Waals surface area contributed by atoms with Crippen LogP contribution in [0.2, 0.25) is 0 Å². The first-order valence-corrected chi connectivity index (χ1v) is 12.8. The summed E-state index contributed by atoms with van der Waals surface area (Å²) >= 11 is 2.85. The van der Waals surface area contributed by atoms with Gasteiger partial charge in [-0.25, -0.2) is 4.98 Å². The second-order valence-electron chi connectivity index (χ2n) is 8.08. The standard InChI is InChI=1S/C24H27N5O2S2/c1-5-29-22-21(16(4)27-29)26-24(28(23(22)31)13-19-7-6-12-32-19)33-14-20(30)25-18-10-8-17(9-11-18)15(2)3/h6-12,15H,5,13-14H2,1-4H3,(H,25,30). The van der Waals surface area contributed by atoms with Crippen molar-refractivity contribution in [3.8, 4) is 0 Å². The van der Waals surface area contributed by atoms with Gasteiger partial charge in [0, 0.05) is 17.1 Å². The first-order valence-electron chi connectivity index (χ1n) is 10.9. The number of thioether (sulfide) groups is 1. The lowest BCUT2D eigenvalue weighted by Gasteiger charge is -2.12. The van der Waals surface area contributed by atoms with Crippen LogP contribution in [0.25, 0.3) is 11.0 Å². The fourth-order valence-corrected chi connectivity index (χ4v) is 5.09. The van der Waals surface area contributed by atoms with Gasteiger partial charge in [-0.3, -0.25) is 18.8 Å². The summed E-state index contributed by atoms with van der Waals surface area (Å²) in [4.78, 5) is 31.9. The van der Waals surface area contributed by atoms with Crippen LogP contribution >= 0.6 is 23.1 Å². The maximum Gasteiger partial charge on any atom is 0.280 e. The molecule has 0 spiro atoms. The summed E-state index contributed by atoms with van der Waals surface area (Å²) < 4.78 is 3.35. The van der Waals surface area contributed by atoms with E-state index in [4.69, 9.17) is 4.98 Å². The maximum absolute atomic E-state index is 13.4. The van der Waals surface area contributed by atoms with Gasteiger partial charge in [-0.05, 0) is 48.9 Å². The number of amides is 1. The summed E-state index contributed by atoms with van der Waals surface area (Å²) in [6.45, 7) is 9.08. The lowest BCUT2D eigenvalue weighted by molar-refractivity contribution is -0.113. The minimum atomic E-state index is -0.143. The number of rotatable bonds is 8. The molecule has 1 amide bonds. The summed E-state index contributed by atoms with van der Waals surface area (Å²) in [5, 5.41) is 9.91. The molecule has 0 saturated carbocycles. The zero-order valence-corrected chi connectivity index (χ0v) is 20.8. The predicted molar refractivity (Wildman–Crippen MR) is 136 cm³/mol. The van der Waals surface area contributed by atoms with E-state index >= 15 is 0 Å². The highest BCUT2D eigenvalue weighted by Gasteiger charge is 2.19. The Balaban J connectivity index is 1.59. The average molecular weight is 482 g/mol. The van der Waals surface area contributed by atoms with Crippen LogP contribution in [0.1, 0.15) is 42.8 Å². The highest BCUT2D eigenvalue weighted by molar-refractivity contribution is 7.99. The number of carbonyl (C=O) groups is 1. The van der Waals surface area contributed by atoms with E-state index in [0.29, 0.717) is 40.9 Å². The van der Waals surface area contributed by atoms with Crippen molar-refractivity contribution in [1.82, 2.24) is 19.3 Å². The van der Waals surface area contributed by atoms with Gasteiger partial charge >= 0.3 is 0 Å². The van der Waals surface area contributed by atoms with Gasteiger partial charge in [0.15, 0.2) is 10.7 Å². The molecule has 4 aromatic rings. The zero-order chi connectivity index (χ0) is 23.5. The summed E-state index contributed by atoms with van der Waals surface area (Å²) in [5.74, 6) is 0.442. The predicted octanol–water partition coefficient (Wildman–Crippen LogP) is 4.89. The molecule has 172 valence electrons. The van der Waals surface area contributed by atoms with Crippen LogP contribution in [0.5, 0.6) is 0 Å². The molecule has 0 bridgehead atoms. The number of nitrogens with one attached hydrogen (secondary N) is 1. The molecular weight excluding hydrogens is 454 g/mol. The third-order valence-corrected chi connectivity index (χ3v) is 7.21. The van der Waals surface area contributed by atoms with Crippen LogP contribution in [-0.2, 0) is 17.9 Å². The Morgan fingerprint density at radius 3 is 2.61 bits per heavy atom. The number of thiophene rings is 1. The lowest BCUT2D eigenvalue weighted by atomic mass is 10.0. The number of hydrogen-bond acceptors (Lipinski definition) is 6. The van der Waals surface area contributed by atoms with Crippen molar-refractivity contribution in [2.45, 2.75) is 51.9 Å². The number of nitrogens with zero attached hydrogens (tertiary/aromatic N) is 4. The fraction of sp³-hybridized carbons (Fsp3) is 0.333. The van der Waals surface area contributed by atoms with Gasteiger partial charge in [-0.1, -0.05) is 43.8 Å². The van der Waals surface area contributed by atoms with Gasteiger partial charge in [-0.2, -0.15) is 5.10 Å². The molecule has 0 atom stereocenters. The van der Waals surface area contributed by atoms with E-state index < -0.39 is 0 Å². The molecule has 0 aliphatic rings. The van der Waals surface area contributed by atoms with E-state index in [1.807, 2.05) is 55.6 Å². The Morgan fingerprint density at radius 2 is 1.97 bits per heavy atom. The minimum Gasteiger partial charge on any atom is -0.325 e. The number of anilines is 1. The summed E-state index contributed by atoms with van der Waals surface area (Å²) in [7, 11) is 0. The number of fused-ring (bicyclic) bond motifs is 1. The van der Waals surface area contributed by atoms with Crippen LogP contribution < -0.4 is 10.9 Å². The average Bonchev–Trinajstić information content (AvgIpc) is 3.42. The first-order chi connectivity index (χ1) is 15.9. The van der Waals surface area contributed by atoms with Gasteiger partial charge in [0.1, 0.15) is 5.52 Å². The summed E-state index contributed by atoms with van der Waals surface area (Å²) in [6, 6.07) is 11.8. The number of aromatic nitrogens is 4. The van der Waals surface area contributed by atoms with E-state index in [0.717, 1.165) is 10.6 Å². The highest BCUT2D eigenvalue weighted by Crippen LogP contribution is 2.23. The molecule has 7 nitrogen and oxygen atoms in total. The second kappa shape index (κ2) is 9.93. The molecule has 0 unspecified atom stereocenters.